The monoisotopic (exact) mass is 358 g/mol. The molecule has 6 nitrogen and oxygen atoms in total. The molecule has 0 aliphatic carbocycles. The number of rotatable bonds is 8. The molecule has 0 N–H and O–H groups in total. The molecule has 0 aromatic heterocycles. The second kappa shape index (κ2) is 7.55. The third kappa shape index (κ3) is 4.40. The molecule has 0 spiro atoms. The van der Waals surface area contributed by atoms with Gasteiger partial charge in [0.15, 0.2) is 6.35 Å². The highest BCUT2D eigenvalue weighted by atomic mass is 32.2. The maximum absolute atomic E-state index is 12.4. The van der Waals surface area contributed by atoms with Crippen molar-refractivity contribution < 1.29 is 26.2 Å². The summed E-state index contributed by atoms with van der Waals surface area (Å²) in [6.07, 6.45) is -0.653. The van der Waals surface area contributed by atoms with E-state index in [4.69, 9.17) is 13.2 Å². The first-order chi connectivity index (χ1) is 10.9. The van der Waals surface area contributed by atoms with Gasteiger partial charge in [-0.2, -0.15) is 8.42 Å². The van der Waals surface area contributed by atoms with Crippen LogP contribution in [0.5, 0.6) is 0 Å². The summed E-state index contributed by atoms with van der Waals surface area (Å²) in [5, 5.41) is 1.31. The molecule has 2 aromatic rings. The summed E-state index contributed by atoms with van der Waals surface area (Å²) in [5.41, 5.74) is 0. The van der Waals surface area contributed by atoms with Gasteiger partial charge in [-0.3, -0.25) is 8.75 Å². The predicted octanol–water partition coefficient (Wildman–Crippen LogP) is 3.77. The predicted molar refractivity (Wildman–Crippen MR) is 87.9 cm³/mol. The summed E-state index contributed by atoms with van der Waals surface area (Å²) in [7, 11) is -7.69. The Morgan fingerprint density at radius 2 is 1.57 bits per heavy atom. The van der Waals surface area contributed by atoms with Crippen LogP contribution in [0.15, 0.2) is 47.4 Å². The van der Waals surface area contributed by atoms with Crippen molar-refractivity contribution in [1.82, 2.24) is 0 Å². The van der Waals surface area contributed by atoms with Gasteiger partial charge in [0, 0.05) is 5.39 Å². The fourth-order valence-corrected chi connectivity index (χ4v) is 5.03. The summed E-state index contributed by atoms with van der Waals surface area (Å²) in [6.45, 7) is 3.56. The number of benzene rings is 2. The van der Waals surface area contributed by atoms with Gasteiger partial charge in [0.05, 0.1) is 13.2 Å². The largest absolute Gasteiger partial charge is 0.357 e. The van der Waals surface area contributed by atoms with Crippen molar-refractivity contribution in [3.8, 4) is 0 Å². The van der Waals surface area contributed by atoms with Crippen molar-refractivity contribution in [2.75, 3.05) is 19.6 Å². The van der Waals surface area contributed by atoms with Crippen molar-refractivity contribution in [3.05, 3.63) is 42.5 Å². The van der Waals surface area contributed by atoms with E-state index in [-0.39, 0.29) is 18.1 Å². The smallest absolute Gasteiger partial charge is 0.307 e. The SMILES string of the molecule is CCOP(=O)(COS(=O)(=O)c1cccc2ccccc12)OCC. The molecule has 8 heteroatoms. The molecule has 0 bridgehead atoms. The van der Waals surface area contributed by atoms with E-state index in [1.807, 2.05) is 6.07 Å². The van der Waals surface area contributed by atoms with Crippen LogP contribution in [0, 0.1) is 0 Å². The molecule has 2 rings (SSSR count). The normalized spacial score (nSPS) is 12.6. The minimum Gasteiger partial charge on any atom is -0.307 e. The third-order valence-electron chi connectivity index (χ3n) is 3.04. The zero-order valence-electron chi connectivity index (χ0n) is 13.0. The molecule has 0 fully saturated rings. The lowest BCUT2D eigenvalue weighted by Crippen LogP contribution is -2.11. The van der Waals surface area contributed by atoms with Gasteiger partial charge in [0.2, 0.25) is 0 Å². The molecule has 23 heavy (non-hydrogen) atoms. The lowest BCUT2D eigenvalue weighted by atomic mass is 10.1. The van der Waals surface area contributed by atoms with E-state index in [0.717, 1.165) is 5.39 Å². The first-order valence-corrected chi connectivity index (χ1v) is 10.3. The summed E-state index contributed by atoms with van der Waals surface area (Å²) < 4.78 is 52.2. The zero-order valence-corrected chi connectivity index (χ0v) is 14.7. The molecule has 0 radical (unpaired) electrons. The first kappa shape index (κ1) is 18.1. The van der Waals surface area contributed by atoms with E-state index in [1.54, 1.807) is 44.2 Å². The quantitative estimate of drug-likeness (QED) is 0.528. The summed E-state index contributed by atoms with van der Waals surface area (Å²) in [5.74, 6) is 0. The maximum atomic E-state index is 12.4. The van der Waals surface area contributed by atoms with E-state index >= 15 is 0 Å². The molecule has 126 valence electrons. The third-order valence-corrected chi connectivity index (χ3v) is 6.28. The van der Waals surface area contributed by atoms with E-state index in [2.05, 4.69) is 0 Å². The number of hydrogen-bond donors (Lipinski definition) is 0. The Hall–Kier alpha value is -1.24. The van der Waals surface area contributed by atoms with Crippen molar-refractivity contribution in [2.24, 2.45) is 0 Å². The average Bonchev–Trinajstić information content (AvgIpc) is 2.53. The van der Waals surface area contributed by atoms with Crippen LogP contribution in [-0.4, -0.2) is 28.0 Å². The van der Waals surface area contributed by atoms with Crippen LogP contribution < -0.4 is 0 Å². The minimum absolute atomic E-state index is 0.0233. The molecule has 0 heterocycles. The van der Waals surface area contributed by atoms with E-state index < -0.39 is 24.1 Å². The van der Waals surface area contributed by atoms with Gasteiger partial charge < -0.3 is 9.05 Å². The molecule has 0 amide bonds. The van der Waals surface area contributed by atoms with Crippen LogP contribution in [0.2, 0.25) is 0 Å². The molecule has 0 unspecified atom stereocenters. The van der Waals surface area contributed by atoms with Crippen LogP contribution in [0.25, 0.3) is 10.8 Å². The highest BCUT2D eigenvalue weighted by Gasteiger charge is 2.29. The Balaban J connectivity index is 2.29. The highest BCUT2D eigenvalue weighted by molar-refractivity contribution is 7.87. The minimum atomic E-state index is -4.09. The molecule has 0 saturated heterocycles. The van der Waals surface area contributed by atoms with Crippen molar-refractivity contribution in [1.29, 1.82) is 0 Å². The molecular weight excluding hydrogens is 339 g/mol. The van der Waals surface area contributed by atoms with Gasteiger partial charge in [0.25, 0.3) is 10.1 Å². The van der Waals surface area contributed by atoms with Crippen molar-refractivity contribution in [3.63, 3.8) is 0 Å². The average molecular weight is 358 g/mol. The lowest BCUT2D eigenvalue weighted by Gasteiger charge is -2.17. The summed E-state index contributed by atoms with van der Waals surface area (Å²) in [4.78, 5) is 0.0233. The van der Waals surface area contributed by atoms with Gasteiger partial charge in [-0.15, -0.1) is 0 Å². The highest BCUT2D eigenvalue weighted by Crippen LogP contribution is 2.48. The first-order valence-electron chi connectivity index (χ1n) is 7.17. The maximum Gasteiger partial charge on any atom is 0.357 e. The molecule has 0 aliphatic rings. The Bertz CT molecular complexity index is 802. The summed E-state index contributed by atoms with van der Waals surface area (Å²) in [6, 6.07) is 11.9. The van der Waals surface area contributed by atoms with Crippen LogP contribution >= 0.6 is 7.60 Å². The zero-order chi connectivity index (χ0) is 16.9. The van der Waals surface area contributed by atoms with Crippen LogP contribution in [0.4, 0.5) is 0 Å². The van der Waals surface area contributed by atoms with Crippen LogP contribution in [-0.2, 0) is 27.9 Å². The molecule has 0 atom stereocenters. The Morgan fingerprint density at radius 3 is 2.22 bits per heavy atom. The second-order valence-corrected chi connectivity index (χ2v) is 8.20. The van der Waals surface area contributed by atoms with Crippen LogP contribution in [0.3, 0.4) is 0 Å². The van der Waals surface area contributed by atoms with Gasteiger partial charge in [-0.1, -0.05) is 36.4 Å². The Morgan fingerprint density at radius 1 is 0.957 bits per heavy atom. The molecular formula is C15H19O6PS. The number of hydrogen-bond acceptors (Lipinski definition) is 6. The molecule has 0 aliphatic heterocycles. The fraction of sp³-hybridized carbons (Fsp3) is 0.333. The van der Waals surface area contributed by atoms with Crippen molar-refractivity contribution >= 4 is 28.5 Å². The van der Waals surface area contributed by atoms with Gasteiger partial charge in [0.1, 0.15) is 4.90 Å². The molecule has 2 aromatic carbocycles. The van der Waals surface area contributed by atoms with Crippen LogP contribution in [0.1, 0.15) is 13.8 Å². The standard InChI is InChI=1S/C15H19O6PS/c1-3-19-22(16,20-4-2)12-21-23(17,18)15-11-7-9-13-8-5-6-10-14(13)15/h5-11H,3-4,12H2,1-2H3. The van der Waals surface area contributed by atoms with E-state index in [0.29, 0.717) is 5.39 Å². The fourth-order valence-electron chi connectivity index (χ4n) is 2.12. The van der Waals surface area contributed by atoms with Crippen molar-refractivity contribution in [2.45, 2.75) is 18.7 Å². The lowest BCUT2D eigenvalue weighted by molar-refractivity contribution is 0.198. The van der Waals surface area contributed by atoms with E-state index in [1.165, 1.54) is 6.07 Å². The Labute approximate surface area is 136 Å². The molecule has 0 saturated carbocycles. The Kier molecular flexibility index (Phi) is 5.95. The summed E-state index contributed by atoms with van der Waals surface area (Å²) >= 11 is 0. The van der Waals surface area contributed by atoms with E-state index in [9.17, 15) is 13.0 Å². The number of fused-ring (bicyclic) bond motifs is 1. The van der Waals surface area contributed by atoms with Gasteiger partial charge >= 0.3 is 7.60 Å². The van der Waals surface area contributed by atoms with Gasteiger partial charge in [-0.05, 0) is 25.3 Å². The topological polar surface area (TPSA) is 78.9 Å². The second-order valence-electron chi connectivity index (χ2n) is 4.62. The van der Waals surface area contributed by atoms with Gasteiger partial charge in [-0.25, -0.2) is 0 Å².